The number of aliphatic hydroxyl groups is 3. The van der Waals surface area contributed by atoms with Crippen LogP contribution in [0.4, 0.5) is 0 Å². The number of ether oxygens (including phenoxy) is 1. The number of aliphatic hydroxyl groups excluding tert-OH is 3. The third kappa shape index (κ3) is 5.99. The predicted molar refractivity (Wildman–Crippen MR) is 49.4 cm³/mol. The van der Waals surface area contributed by atoms with Crippen LogP contribution in [0.1, 0.15) is 19.8 Å². The van der Waals surface area contributed by atoms with Crippen molar-refractivity contribution in [3.05, 3.63) is 0 Å². The zero-order valence-corrected chi connectivity index (χ0v) is 8.15. The molecule has 4 nitrogen and oxygen atoms in total. The third-order valence-corrected chi connectivity index (χ3v) is 1.87. The number of hydrogen-bond donors (Lipinski definition) is 3. The van der Waals surface area contributed by atoms with E-state index < -0.39 is 0 Å². The minimum atomic E-state index is -0.260. The normalized spacial score (nSPS) is 13.6. The largest absolute Gasteiger partial charge is 0.396 e. The molecule has 0 amide bonds. The average molecular weight is 192 g/mol. The molecule has 0 aliphatic rings. The van der Waals surface area contributed by atoms with Gasteiger partial charge in [0.15, 0.2) is 0 Å². The maximum absolute atomic E-state index is 8.90. The Balaban J connectivity index is 3.67. The van der Waals surface area contributed by atoms with E-state index in [2.05, 4.69) is 0 Å². The monoisotopic (exact) mass is 192 g/mol. The van der Waals surface area contributed by atoms with Crippen LogP contribution >= 0.6 is 0 Å². The van der Waals surface area contributed by atoms with E-state index >= 15 is 0 Å². The molecule has 0 rings (SSSR count). The van der Waals surface area contributed by atoms with Crippen molar-refractivity contribution in [1.29, 1.82) is 0 Å². The van der Waals surface area contributed by atoms with E-state index in [1.807, 2.05) is 6.92 Å². The molecule has 0 aliphatic heterocycles. The van der Waals surface area contributed by atoms with Crippen LogP contribution in [-0.4, -0.2) is 47.9 Å². The molecule has 3 N–H and O–H groups in total. The molecule has 0 spiro atoms. The maximum atomic E-state index is 8.90. The van der Waals surface area contributed by atoms with Crippen LogP contribution in [0.3, 0.4) is 0 Å². The van der Waals surface area contributed by atoms with Gasteiger partial charge in [0.1, 0.15) is 0 Å². The van der Waals surface area contributed by atoms with Crippen molar-refractivity contribution in [2.24, 2.45) is 5.92 Å². The van der Waals surface area contributed by atoms with Gasteiger partial charge in [-0.2, -0.15) is 0 Å². The summed E-state index contributed by atoms with van der Waals surface area (Å²) in [5.74, 6) is -0.186. The molecule has 0 aromatic heterocycles. The van der Waals surface area contributed by atoms with Crippen molar-refractivity contribution in [2.75, 3.05) is 26.4 Å². The first-order valence-electron chi connectivity index (χ1n) is 4.72. The van der Waals surface area contributed by atoms with Crippen molar-refractivity contribution in [3.63, 3.8) is 0 Å². The summed E-state index contributed by atoms with van der Waals surface area (Å²) in [5, 5.41) is 26.5. The molecule has 0 fully saturated rings. The van der Waals surface area contributed by atoms with Crippen molar-refractivity contribution < 1.29 is 20.1 Å². The van der Waals surface area contributed by atoms with Gasteiger partial charge in [0.25, 0.3) is 0 Å². The number of hydrogen-bond acceptors (Lipinski definition) is 4. The Kier molecular flexibility index (Phi) is 8.33. The average Bonchev–Trinajstić information content (AvgIpc) is 2.19. The van der Waals surface area contributed by atoms with Gasteiger partial charge < -0.3 is 20.1 Å². The summed E-state index contributed by atoms with van der Waals surface area (Å²) in [7, 11) is 0. The second-order valence-corrected chi connectivity index (χ2v) is 3.14. The van der Waals surface area contributed by atoms with Crippen LogP contribution in [0.15, 0.2) is 0 Å². The summed E-state index contributed by atoms with van der Waals surface area (Å²) in [6.45, 7) is 2.40. The van der Waals surface area contributed by atoms with Crippen molar-refractivity contribution in [2.45, 2.75) is 25.9 Å². The Hall–Kier alpha value is -0.160. The maximum Gasteiger partial charge on any atom is 0.0810 e. The standard InChI is InChI=1S/C9H20O4/c1-2-3-13-9(7-12)4-8(5-10)6-11/h8-12H,2-7H2,1H3. The van der Waals surface area contributed by atoms with Gasteiger partial charge in [-0.05, 0) is 12.8 Å². The van der Waals surface area contributed by atoms with Gasteiger partial charge in [-0.15, -0.1) is 0 Å². The number of rotatable bonds is 8. The van der Waals surface area contributed by atoms with Crippen molar-refractivity contribution in [3.8, 4) is 0 Å². The van der Waals surface area contributed by atoms with Crippen LogP contribution in [0.5, 0.6) is 0 Å². The van der Waals surface area contributed by atoms with E-state index in [9.17, 15) is 0 Å². The van der Waals surface area contributed by atoms with Gasteiger partial charge in [0.05, 0.1) is 12.7 Å². The molecule has 1 atom stereocenters. The third-order valence-electron chi connectivity index (χ3n) is 1.87. The second-order valence-electron chi connectivity index (χ2n) is 3.14. The van der Waals surface area contributed by atoms with E-state index in [1.165, 1.54) is 0 Å². The lowest BCUT2D eigenvalue weighted by molar-refractivity contribution is -0.0129. The highest BCUT2D eigenvalue weighted by molar-refractivity contribution is 4.64. The highest BCUT2D eigenvalue weighted by Gasteiger charge is 2.14. The molecule has 0 heterocycles. The zero-order chi connectivity index (χ0) is 10.1. The molecule has 0 aliphatic carbocycles. The Bertz CT molecular complexity index is 104. The summed E-state index contributed by atoms with van der Waals surface area (Å²) in [6.07, 6.45) is 1.15. The molecule has 0 aromatic carbocycles. The van der Waals surface area contributed by atoms with Crippen LogP contribution < -0.4 is 0 Å². The SMILES string of the molecule is CCCOC(CO)CC(CO)CO. The predicted octanol–water partition coefficient (Wildman–Crippen LogP) is -0.235. The van der Waals surface area contributed by atoms with Crippen molar-refractivity contribution in [1.82, 2.24) is 0 Å². The first-order valence-corrected chi connectivity index (χ1v) is 4.72. The molecule has 80 valence electrons. The van der Waals surface area contributed by atoms with Crippen LogP contribution in [0.2, 0.25) is 0 Å². The molecule has 1 unspecified atom stereocenters. The van der Waals surface area contributed by atoms with Gasteiger partial charge >= 0.3 is 0 Å². The Morgan fingerprint density at radius 1 is 1.08 bits per heavy atom. The lowest BCUT2D eigenvalue weighted by Gasteiger charge is -2.19. The molecule has 13 heavy (non-hydrogen) atoms. The minimum absolute atomic E-state index is 0.0590. The summed E-state index contributed by atoms with van der Waals surface area (Å²) in [6, 6.07) is 0. The fourth-order valence-corrected chi connectivity index (χ4v) is 1.06. The highest BCUT2D eigenvalue weighted by atomic mass is 16.5. The van der Waals surface area contributed by atoms with E-state index in [1.54, 1.807) is 0 Å². The van der Waals surface area contributed by atoms with Gasteiger partial charge in [0, 0.05) is 25.7 Å². The smallest absolute Gasteiger partial charge is 0.0810 e. The lowest BCUT2D eigenvalue weighted by Crippen LogP contribution is -2.25. The summed E-state index contributed by atoms with van der Waals surface area (Å²) < 4.78 is 5.30. The molecular formula is C9H20O4. The fourth-order valence-electron chi connectivity index (χ4n) is 1.06. The van der Waals surface area contributed by atoms with Crippen molar-refractivity contribution >= 4 is 0 Å². The van der Waals surface area contributed by atoms with Gasteiger partial charge in [-0.3, -0.25) is 0 Å². The zero-order valence-electron chi connectivity index (χ0n) is 8.15. The lowest BCUT2D eigenvalue weighted by atomic mass is 10.0. The van der Waals surface area contributed by atoms with Gasteiger partial charge in [0.2, 0.25) is 0 Å². The van der Waals surface area contributed by atoms with E-state index in [4.69, 9.17) is 20.1 Å². The quantitative estimate of drug-likeness (QED) is 0.496. The Morgan fingerprint density at radius 2 is 1.69 bits per heavy atom. The Labute approximate surface area is 79.2 Å². The van der Waals surface area contributed by atoms with Crippen LogP contribution in [-0.2, 0) is 4.74 Å². The molecule has 0 aromatic rings. The molecular weight excluding hydrogens is 172 g/mol. The first-order chi connectivity index (χ1) is 6.28. The van der Waals surface area contributed by atoms with Crippen LogP contribution in [0, 0.1) is 5.92 Å². The van der Waals surface area contributed by atoms with Gasteiger partial charge in [-0.1, -0.05) is 6.92 Å². The summed E-state index contributed by atoms with van der Waals surface area (Å²) in [4.78, 5) is 0. The topological polar surface area (TPSA) is 69.9 Å². The van der Waals surface area contributed by atoms with E-state index in [0.717, 1.165) is 6.42 Å². The molecule has 4 heteroatoms. The summed E-state index contributed by atoms with van der Waals surface area (Å²) in [5.41, 5.74) is 0. The molecule has 0 radical (unpaired) electrons. The first kappa shape index (κ1) is 12.8. The fraction of sp³-hybridized carbons (Fsp3) is 1.00. The summed E-state index contributed by atoms with van der Waals surface area (Å²) >= 11 is 0. The van der Waals surface area contributed by atoms with E-state index in [0.29, 0.717) is 13.0 Å². The van der Waals surface area contributed by atoms with Crippen LogP contribution in [0.25, 0.3) is 0 Å². The molecule has 0 bridgehead atoms. The molecule has 0 saturated heterocycles. The van der Waals surface area contributed by atoms with Gasteiger partial charge in [-0.25, -0.2) is 0 Å². The van der Waals surface area contributed by atoms with E-state index in [-0.39, 0.29) is 31.8 Å². The molecule has 0 saturated carbocycles. The second kappa shape index (κ2) is 8.44. The minimum Gasteiger partial charge on any atom is -0.396 e. The Morgan fingerprint density at radius 3 is 2.08 bits per heavy atom. The highest BCUT2D eigenvalue weighted by Crippen LogP contribution is 2.08.